The number of carboxylic acid groups (broad SMARTS) is 1. The number of rotatable bonds is 7. The van der Waals surface area contributed by atoms with Gasteiger partial charge in [0.2, 0.25) is 15.9 Å². The summed E-state index contributed by atoms with van der Waals surface area (Å²) in [7, 11) is -3.21. The van der Waals surface area contributed by atoms with E-state index in [-0.39, 0.29) is 18.4 Å². The van der Waals surface area contributed by atoms with E-state index in [2.05, 4.69) is 5.32 Å². The van der Waals surface area contributed by atoms with Crippen LogP contribution in [-0.4, -0.2) is 55.6 Å². The molecule has 0 spiro atoms. The zero-order valence-electron chi connectivity index (χ0n) is 13.5. The van der Waals surface area contributed by atoms with Gasteiger partial charge >= 0.3 is 5.97 Å². The Bertz CT molecular complexity index is 505. The third-order valence-electron chi connectivity index (χ3n) is 4.70. The maximum atomic E-state index is 12.2. The second-order valence-corrected chi connectivity index (χ2v) is 7.93. The Kier molecular flexibility index (Phi) is 6.37. The van der Waals surface area contributed by atoms with Crippen molar-refractivity contribution < 1.29 is 23.1 Å². The molecular formula is C14H26N2O5S. The summed E-state index contributed by atoms with van der Waals surface area (Å²) in [6.07, 6.45) is 3.00. The maximum Gasteiger partial charge on any atom is 0.311 e. The number of carboxylic acids is 1. The summed E-state index contributed by atoms with van der Waals surface area (Å²) in [5, 5.41) is 12.1. The zero-order chi connectivity index (χ0) is 17.0. The number of hydrogen-bond acceptors (Lipinski definition) is 4. The third-order valence-corrected chi connectivity index (χ3v) is 6.01. The van der Waals surface area contributed by atoms with Gasteiger partial charge < -0.3 is 10.4 Å². The molecule has 0 unspecified atom stereocenters. The number of nitrogens with one attached hydrogen (secondary N) is 1. The fraction of sp³-hybridized carbons (Fsp3) is 0.857. The lowest BCUT2D eigenvalue weighted by molar-refractivity contribution is -0.149. The second-order valence-electron chi connectivity index (χ2n) is 5.95. The van der Waals surface area contributed by atoms with Crippen LogP contribution in [0.5, 0.6) is 0 Å². The smallest absolute Gasteiger partial charge is 0.311 e. The first-order valence-corrected chi connectivity index (χ1v) is 9.47. The Hall–Kier alpha value is -1.15. The molecule has 1 fully saturated rings. The minimum Gasteiger partial charge on any atom is -0.481 e. The minimum absolute atomic E-state index is 0.112. The molecular weight excluding hydrogens is 308 g/mol. The number of carbonyl (C=O) groups excluding carboxylic acids is 1. The molecule has 0 saturated carbocycles. The molecule has 0 aromatic carbocycles. The molecule has 1 aliphatic rings. The van der Waals surface area contributed by atoms with Crippen molar-refractivity contribution >= 4 is 21.9 Å². The molecule has 1 aliphatic heterocycles. The lowest BCUT2D eigenvalue weighted by Crippen LogP contribution is -2.47. The Balaban J connectivity index is 2.56. The van der Waals surface area contributed by atoms with Gasteiger partial charge in [-0.3, -0.25) is 9.59 Å². The molecule has 128 valence electrons. The van der Waals surface area contributed by atoms with Gasteiger partial charge in [-0.2, -0.15) is 0 Å². The van der Waals surface area contributed by atoms with E-state index in [1.54, 1.807) is 13.8 Å². The van der Waals surface area contributed by atoms with Crippen molar-refractivity contribution in [3.05, 3.63) is 0 Å². The van der Waals surface area contributed by atoms with Gasteiger partial charge in [0.1, 0.15) is 0 Å². The molecule has 2 N–H and O–H groups in total. The maximum absolute atomic E-state index is 12.2. The number of carbonyl (C=O) groups is 2. The van der Waals surface area contributed by atoms with Crippen LogP contribution in [0.4, 0.5) is 0 Å². The standard InChI is InChI=1S/C14H26N2O5S/c1-4-14(5-2,13(18)19)10-15-12(17)11-6-8-16(9-7-11)22(3,20)21/h11H,4-10H2,1-3H3,(H,15,17)(H,18,19). The van der Waals surface area contributed by atoms with Gasteiger partial charge in [-0.25, -0.2) is 12.7 Å². The molecule has 0 aromatic heterocycles. The molecule has 0 aliphatic carbocycles. The van der Waals surface area contributed by atoms with Crippen LogP contribution >= 0.6 is 0 Å². The van der Waals surface area contributed by atoms with E-state index in [4.69, 9.17) is 0 Å². The van der Waals surface area contributed by atoms with Gasteiger partial charge in [0.25, 0.3) is 0 Å². The quantitative estimate of drug-likeness (QED) is 0.712. The lowest BCUT2D eigenvalue weighted by Gasteiger charge is -2.31. The molecule has 1 heterocycles. The largest absolute Gasteiger partial charge is 0.481 e. The van der Waals surface area contributed by atoms with E-state index in [1.165, 1.54) is 4.31 Å². The van der Waals surface area contributed by atoms with Crippen LogP contribution in [-0.2, 0) is 19.6 Å². The normalized spacial score (nSPS) is 18.1. The highest BCUT2D eigenvalue weighted by molar-refractivity contribution is 7.88. The van der Waals surface area contributed by atoms with Crippen LogP contribution in [0.15, 0.2) is 0 Å². The van der Waals surface area contributed by atoms with E-state index < -0.39 is 21.4 Å². The fourth-order valence-electron chi connectivity index (χ4n) is 2.73. The first-order valence-electron chi connectivity index (χ1n) is 7.62. The number of hydrogen-bond donors (Lipinski definition) is 2. The Labute approximate surface area is 132 Å². The lowest BCUT2D eigenvalue weighted by atomic mass is 9.82. The fourth-order valence-corrected chi connectivity index (χ4v) is 3.60. The van der Waals surface area contributed by atoms with Gasteiger partial charge in [-0.1, -0.05) is 13.8 Å². The summed E-state index contributed by atoms with van der Waals surface area (Å²) in [5.74, 6) is -1.33. The molecule has 7 nitrogen and oxygen atoms in total. The highest BCUT2D eigenvalue weighted by Gasteiger charge is 2.36. The zero-order valence-corrected chi connectivity index (χ0v) is 14.3. The Morgan fingerprint density at radius 1 is 1.23 bits per heavy atom. The first kappa shape index (κ1) is 18.9. The predicted molar refractivity (Wildman–Crippen MR) is 82.8 cm³/mol. The van der Waals surface area contributed by atoms with E-state index in [9.17, 15) is 23.1 Å². The van der Waals surface area contributed by atoms with Crippen molar-refractivity contribution in [3.8, 4) is 0 Å². The Morgan fingerprint density at radius 2 is 1.73 bits per heavy atom. The van der Waals surface area contributed by atoms with Gasteiger partial charge in [0.05, 0.1) is 11.7 Å². The molecule has 0 bridgehead atoms. The number of amides is 1. The monoisotopic (exact) mass is 334 g/mol. The molecule has 1 saturated heterocycles. The van der Waals surface area contributed by atoms with Crippen LogP contribution in [0, 0.1) is 11.3 Å². The van der Waals surface area contributed by atoms with Gasteiger partial charge in [-0.05, 0) is 25.7 Å². The van der Waals surface area contributed by atoms with Crippen molar-refractivity contribution in [3.63, 3.8) is 0 Å². The van der Waals surface area contributed by atoms with Crippen molar-refractivity contribution in [1.29, 1.82) is 0 Å². The first-order chi connectivity index (χ1) is 10.2. The summed E-state index contributed by atoms with van der Waals surface area (Å²) >= 11 is 0. The molecule has 22 heavy (non-hydrogen) atoms. The molecule has 8 heteroatoms. The van der Waals surface area contributed by atoms with Crippen LogP contribution in [0.1, 0.15) is 39.5 Å². The number of piperidine rings is 1. The summed E-state index contributed by atoms with van der Waals surface area (Å²) < 4.78 is 24.2. The average Bonchev–Trinajstić information content (AvgIpc) is 2.47. The summed E-state index contributed by atoms with van der Waals surface area (Å²) in [5.41, 5.74) is -0.927. The van der Waals surface area contributed by atoms with Gasteiger partial charge in [0.15, 0.2) is 0 Å². The van der Waals surface area contributed by atoms with Crippen LogP contribution < -0.4 is 5.32 Å². The number of nitrogens with zero attached hydrogens (tertiary/aromatic N) is 1. The van der Waals surface area contributed by atoms with Gasteiger partial charge in [-0.15, -0.1) is 0 Å². The minimum atomic E-state index is -3.21. The molecule has 0 atom stereocenters. The SMILES string of the molecule is CCC(CC)(CNC(=O)C1CCN(S(C)(=O)=O)CC1)C(=O)O. The molecule has 0 aromatic rings. The van der Waals surface area contributed by atoms with Crippen LogP contribution in [0.3, 0.4) is 0 Å². The highest BCUT2D eigenvalue weighted by atomic mass is 32.2. The predicted octanol–water partition coefficient (Wildman–Crippen LogP) is 0.665. The third kappa shape index (κ3) is 4.42. The summed E-state index contributed by atoms with van der Waals surface area (Å²) in [4.78, 5) is 23.6. The second kappa shape index (κ2) is 7.41. The Morgan fingerprint density at radius 3 is 2.09 bits per heavy atom. The summed E-state index contributed by atoms with van der Waals surface area (Å²) in [6.45, 7) is 4.38. The molecule has 0 radical (unpaired) electrons. The molecule has 1 rings (SSSR count). The van der Waals surface area contributed by atoms with Crippen molar-refractivity contribution in [2.75, 3.05) is 25.9 Å². The highest BCUT2D eigenvalue weighted by Crippen LogP contribution is 2.26. The van der Waals surface area contributed by atoms with Crippen LogP contribution in [0.2, 0.25) is 0 Å². The topological polar surface area (TPSA) is 104 Å². The van der Waals surface area contributed by atoms with Crippen molar-refractivity contribution in [2.45, 2.75) is 39.5 Å². The van der Waals surface area contributed by atoms with E-state index in [0.717, 1.165) is 6.26 Å². The van der Waals surface area contributed by atoms with Crippen molar-refractivity contribution in [2.24, 2.45) is 11.3 Å². The number of sulfonamides is 1. The molecule has 1 amide bonds. The van der Waals surface area contributed by atoms with E-state index >= 15 is 0 Å². The van der Waals surface area contributed by atoms with E-state index in [0.29, 0.717) is 38.8 Å². The van der Waals surface area contributed by atoms with Crippen LogP contribution in [0.25, 0.3) is 0 Å². The van der Waals surface area contributed by atoms with Crippen molar-refractivity contribution in [1.82, 2.24) is 9.62 Å². The van der Waals surface area contributed by atoms with Gasteiger partial charge in [0, 0.05) is 25.6 Å². The number of aliphatic carboxylic acids is 1. The van der Waals surface area contributed by atoms with E-state index in [1.807, 2.05) is 0 Å². The summed E-state index contributed by atoms with van der Waals surface area (Å²) in [6, 6.07) is 0. The average molecular weight is 334 g/mol.